The van der Waals surface area contributed by atoms with E-state index in [1.54, 1.807) is 0 Å². The summed E-state index contributed by atoms with van der Waals surface area (Å²) in [7, 11) is 0. The lowest BCUT2D eigenvalue weighted by atomic mass is 9.93. The lowest BCUT2D eigenvalue weighted by Crippen LogP contribution is -2.40. The first kappa shape index (κ1) is 21.3. The maximum atomic E-state index is 13.4. The number of nitrogens with zero attached hydrogens (tertiary/aromatic N) is 6. The van der Waals surface area contributed by atoms with Gasteiger partial charge in [0.15, 0.2) is 0 Å². The number of halogens is 6. The fourth-order valence-electron chi connectivity index (χ4n) is 3.66. The number of hydrogen-bond donors (Lipinski definition) is 0. The molecule has 0 spiro atoms. The van der Waals surface area contributed by atoms with Crippen molar-refractivity contribution in [3.63, 3.8) is 0 Å². The maximum absolute atomic E-state index is 13.4. The van der Waals surface area contributed by atoms with E-state index in [0.717, 1.165) is 6.07 Å². The van der Waals surface area contributed by atoms with Gasteiger partial charge in [-0.1, -0.05) is 11.6 Å². The Morgan fingerprint density at radius 1 is 1.23 bits per heavy atom. The van der Waals surface area contributed by atoms with E-state index in [1.165, 1.54) is 21.8 Å². The van der Waals surface area contributed by atoms with Crippen LogP contribution < -0.4 is 0 Å². The third kappa shape index (κ3) is 4.16. The zero-order valence-corrected chi connectivity index (χ0v) is 16.4. The molecule has 7 nitrogen and oxygen atoms in total. The van der Waals surface area contributed by atoms with Crippen molar-refractivity contribution in [3.05, 3.63) is 52.3 Å². The standard InChI is InChI=1S/C18H14ClF5N6O/c19-14-4-10(11(6-25-14)18(22,23)24)16(31)29-3-1-2-9(7-29)13-5-12(15(20)21)28-17-26-8-27-30(13)17/h4-6,8-9,15H,1-3,7H2/t9-/m0/s1. The van der Waals surface area contributed by atoms with Crippen molar-refractivity contribution in [1.82, 2.24) is 29.5 Å². The highest BCUT2D eigenvalue weighted by molar-refractivity contribution is 6.29. The molecule has 0 bridgehead atoms. The summed E-state index contributed by atoms with van der Waals surface area (Å²) in [5, 5.41) is 3.76. The Bertz CT molecular complexity index is 1130. The molecule has 0 aliphatic carbocycles. The summed E-state index contributed by atoms with van der Waals surface area (Å²) < 4.78 is 67.9. The van der Waals surface area contributed by atoms with Crippen molar-refractivity contribution in [3.8, 4) is 0 Å². The van der Waals surface area contributed by atoms with Crippen molar-refractivity contribution in [2.75, 3.05) is 13.1 Å². The molecule has 3 aromatic rings. The summed E-state index contributed by atoms with van der Waals surface area (Å²) in [6.07, 6.45) is -4.96. The Balaban J connectivity index is 1.68. The summed E-state index contributed by atoms with van der Waals surface area (Å²) in [5.74, 6) is -1.33. The van der Waals surface area contributed by atoms with Gasteiger partial charge in [-0.2, -0.15) is 23.3 Å². The Kier molecular flexibility index (Phi) is 5.50. The van der Waals surface area contributed by atoms with Crippen LogP contribution in [0.5, 0.6) is 0 Å². The maximum Gasteiger partial charge on any atom is 0.418 e. The highest BCUT2D eigenvalue weighted by atomic mass is 35.5. The molecule has 4 rings (SSSR count). The number of carbonyl (C=O) groups excluding carboxylic acids is 1. The third-order valence-corrected chi connectivity index (χ3v) is 5.26. The monoisotopic (exact) mass is 460 g/mol. The summed E-state index contributed by atoms with van der Waals surface area (Å²) in [5.41, 5.74) is -1.92. The van der Waals surface area contributed by atoms with Gasteiger partial charge in [0.25, 0.3) is 18.1 Å². The van der Waals surface area contributed by atoms with Gasteiger partial charge in [-0.25, -0.2) is 23.3 Å². The molecule has 0 radical (unpaired) electrons. The van der Waals surface area contributed by atoms with Gasteiger partial charge in [-0.05, 0) is 25.0 Å². The van der Waals surface area contributed by atoms with Gasteiger partial charge in [-0.15, -0.1) is 0 Å². The smallest absolute Gasteiger partial charge is 0.338 e. The predicted molar refractivity (Wildman–Crippen MR) is 97.9 cm³/mol. The van der Waals surface area contributed by atoms with Crippen molar-refractivity contribution in [2.24, 2.45) is 0 Å². The van der Waals surface area contributed by atoms with E-state index < -0.39 is 41.2 Å². The molecule has 13 heteroatoms. The first-order valence-corrected chi connectivity index (χ1v) is 9.53. The van der Waals surface area contributed by atoms with E-state index in [9.17, 15) is 26.7 Å². The summed E-state index contributed by atoms with van der Waals surface area (Å²) in [6.45, 7) is 0.220. The number of rotatable bonds is 3. The molecule has 31 heavy (non-hydrogen) atoms. The average Bonchev–Trinajstić information content (AvgIpc) is 3.20. The Morgan fingerprint density at radius 2 is 2.00 bits per heavy atom. The molecule has 0 N–H and O–H groups in total. The quantitative estimate of drug-likeness (QED) is 0.433. The number of piperidine rings is 1. The second-order valence-corrected chi connectivity index (χ2v) is 7.41. The average molecular weight is 461 g/mol. The van der Waals surface area contributed by atoms with Crippen LogP contribution in [-0.2, 0) is 6.18 Å². The van der Waals surface area contributed by atoms with Crippen molar-refractivity contribution < 1.29 is 26.7 Å². The second-order valence-electron chi connectivity index (χ2n) is 7.02. The van der Waals surface area contributed by atoms with E-state index in [2.05, 4.69) is 20.1 Å². The Labute approximate surface area is 176 Å². The van der Waals surface area contributed by atoms with E-state index in [1.807, 2.05) is 0 Å². The van der Waals surface area contributed by atoms with Crippen molar-refractivity contribution in [1.29, 1.82) is 0 Å². The van der Waals surface area contributed by atoms with Crippen LogP contribution in [0.4, 0.5) is 22.0 Å². The van der Waals surface area contributed by atoms with E-state index >= 15 is 0 Å². The molecular weight excluding hydrogens is 447 g/mol. The van der Waals surface area contributed by atoms with E-state index in [0.29, 0.717) is 24.7 Å². The fraction of sp³-hybridized carbons (Fsp3) is 0.389. The molecule has 4 heterocycles. The summed E-state index contributed by atoms with van der Waals surface area (Å²) >= 11 is 5.73. The van der Waals surface area contributed by atoms with Crippen molar-refractivity contribution in [2.45, 2.75) is 31.4 Å². The zero-order chi connectivity index (χ0) is 22.3. The molecule has 3 aromatic heterocycles. The van der Waals surface area contributed by atoms with Crippen LogP contribution in [0.15, 0.2) is 24.7 Å². The number of pyridine rings is 1. The highest BCUT2D eigenvalue weighted by Gasteiger charge is 2.38. The van der Waals surface area contributed by atoms with Gasteiger partial charge in [-0.3, -0.25) is 4.79 Å². The van der Waals surface area contributed by atoms with Crippen LogP contribution >= 0.6 is 11.6 Å². The van der Waals surface area contributed by atoms with Gasteiger partial charge in [0.05, 0.1) is 16.8 Å². The molecule has 164 valence electrons. The molecular formula is C18H14ClF5N6O. The number of carbonyl (C=O) groups is 1. The largest absolute Gasteiger partial charge is 0.418 e. The fourth-order valence-corrected chi connectivity index (χ4v) is 3.82. The van der Waals surface area contributed by atoms with Gasteiger partial charge < -0.3 is 4.90 Å². The highest BCUT2D eigenvalue weighted by Crippen LogP contribution is 2.35. The van der Waals surface area contributed by atoms with Crippen LogP contribution in [0.2, 0.25) is 5.15 Å². The molecule has 0 aromatic carbocycles. The lowest BCUT2D eigenvalue weighted by molar-refractivity contribution is -0.138. The Hall–Kier alpha value is -2.89. The van der Waals surface area contributed by atoms with Crippen molar-refractivity contribution >= 4 is 23.3 Å². The predicted octanol–water partition coefficient (Wildman–Crippen LogP) is 4.15. The second kappa shape index (κ2) is 7.98. The number of fused-ring (bicyclic) bond motifs is 1. The minimum atomic E-state index is -4.79. The number of amides is 1. The number of hydrogen-bond acceptors (Lipinski definition) is 5. The SMILES string of the molecule is O=C(c1cc(Cl)ncc1C(F)(F)F)N1CCC[C@H](c2cc(C(F)F)nc3ncnn23)C1. The first-order valence-electron chi connectivity index (χ1n) is 9.16. The molecule has 1 aliphatic heterocycles. The molecule has 0 saturated carbocycles. The van der Waals surface area contributed by atoms with Gasteiger partial charge >= 0.3 is 6.18 Å². The molecule has 1 aliphatic rings. The minimum Gasteiger partial charge on any atom is -0.338 e. The van der Waals surface area contributed by atoms with Crippen LogP contribution in [-0.4, -0.2) is 48.5 Å². The zero-order valence-electron chi connectivity index (χ0n) is 15.7. The van der Waals surface area contributed by atoms with Crippen LogP contribution in [0.1, 0.15) is 52.5 Å². The molecule has 1 saturated heterocycles. The molecule has 1 atom stereocenters. The molecule has 1 fully saturated rings. The van der Waals surface area contributed by atoms with Crippen LogP contribution in [0.25, 0.3) is 5.78 Å². The third-order valence-electron chi connectivity index (χ3n) is 5.06. The normalized spacial score (nSPS) is 17.5. The first-order chi connectivity index (χ1) is 14.6. The lowest BCUT2D eigenvalue weighted by Gasteiger charge is -2.33. The van der Waals surface area contributed by atoms with Crippen LogP contribution in [0.3, 0.4) is 0 Å². The Morgan fingerprint density at radius 3 is 2.71 bits per heavy atom. The number of aromatic nitrogens is 5. The summed E-state index contributed by atoms with van der Waals surface area (Å²) in [6, 6.07) is 2.07. The molecule has 0 unspecified atom stereocenters. The minimum absolute atomic E-state index is 0.0116. The van der Waals surface area contributed by atoms with Gasteiger partial charge in [0.1, 0.15) is 17.2 Å². The van der Waals surface area contributed by atoms with Crippen LogP contribution in [0, 0.1) is 0 Å². The number of alkyl halides is 5. The summed E-state index contributed by atoms with van der Waals surface area (Å²) in [4.78, 5) is 25.2. The van der Waals surface area contributed by atoms with Gasteiger partial charge in [0.2, 0.25) is 0 Å². The van der Waals surface area contributed by atoms with E-state index in [-0.39, 0.29) is 24.0 Å². The van der Waals surface area contributed by atoms with Gasteiger partial charge in [0, 0.05) is 25.2 Å². The molecule has 1 amide bonds. The van der Waals surface area contributed by atoms with E-state index in [4.69, 9.17) is 11.6 Å². The topological polar surface area (TPSA) is 76.3 Å². The number of likely N-dealkylation sites (tertiary alicyclic amines) is 1.